The first-order chi connectivity index (χ1) is 18.1. The van der Waals surface area contributed by atoms with Crippen molar-refractivity contribution in [2.75, 3.05) is 5.32 Å². The van der Waals surface area contributed by atoms with E-state index in [2.05, 4.69) is 25.9 Å². The van der Waals surface area contributed by atoms with Crippen molar-refractivity contribution in [2.45, 2.75) is 57.0 Å². The van der Waals surface area contributed by atoms with Gasteiger partial charge in [0.2, 0.25) is 5.91 Å². The van der Waals surface area contributed by atoms with E-state index in [0.29, 0.717) is 30.5 Å². The Hall–Kier alpha value is -4.03. The van der Waals surface area contributed by atoms with Gasteiger partial charge in [0.1, 0.15) is 18.1 Å². The van der Waals surface area contributed by atoms with E-state index in [1.54, 1.807) is 28.8 Å². The highest BCUT2D eigenvalue weighted by molar-refractivity contribution is 6.02. The van der Waals surface area contributed by atoms with Crippen molar-refractivity contribution >= 4 is 23.2 Å². The lowest BCUT2D eigenvalue weighted by Gasteiger charge is -2.61. The number of carbonyl (C=O) groups excluding carboxylic acids is 2. The van der Waals surface area contributed by atoms with Crippen molar-refractivity contribution in [3.63, 3.8) is 0 Å². The highest BCUT2D eigenvalue weighted by atomic mass is 16.6. The third kappa shape index (κ3) is 4.25. The predicted octanol–water partition coefficient (Wildman–Crippen LogP) is 2.51. The minimum atomic E-state index is -0.411. The Labute approximate surface area is 218 Å². The summed E-state index contributed by atoms with van der Waals surface area (Å²) in [5, 5.41) is 29.8. The highest BCUT2D eigenvalue weighted by Gasteiger charge is 2.59. The molecule has 0 saturated heterocycles. The van der Waals surface area contributed by atoms with Crippen LogP contribution in [0.15, 0.2) is 31.0 Å². The van der Waals surface area contributed by atoms with Gasteiger partial charge in [-0.15, -0.1) is 0 Å². The number of nitrogens with one attached hydrogen (secondary N) is 2. The summed E-state index contributed by atoms with van der Waals surface area (Å²) in [4.78, 5) is 37.2. The van der Waals surface area contributed by atoms with Gasteiger partial charge in [-0.3, -0.25) is 33.7 Å². The molecule has 13 nitrogen and oxygen atoms in total. The molecule has 4 aliphatic rings. The molecule has 3 aromatic heterocycles. The molecule has 4 fully saturated rings. The van der Waals surface area contributed by atoms with Crippen LogP contribution in [-0.4, -0.2) is 46.1 Å². The lowest BCUT2D eigenvalue weighted by atomic mass is 9.46. The van der Waals surface area contributed by atoms with Gasteiger partial charge in [0.05, 0.1) is 28.5 Å². The number of hydrogen-bond donors (Lipinski definition) is 2. The van der Waals surface area contributed by atoms with Crippen LogP contribution < -0.4 is 10.6 Å². The van der Waals surface area contributed by atoms with Crippen molar-refractivity contribution < 1.29 is 14.5 Å². The lowest BCUT2D eigenvalue weighted by molar-refractivity contribution is -0.385. The molecule has 200 valence electrons. The van der Waals surface area contributed by atoms with E-state index in [-0.39, 0.29) is 34.1 Å². The predicted molar refractivity (Wildman–Crippen MR) is 135 cm³/mol. The second kappa shape index (κ2) is 8.77. The van der Waals surface area contributed by atoms with Crippen LogP contribution >= 0.6 is 0 Å². The molecule has 38 heavy (non-hydrogen) atoms. The molecule has 2 unspecified atom stereocenters. The van der Waals surface area contributed by atoms with Gasteiger partial charge in [-0.25, -0.2) is 0 Å². The first-order valence-corrected chi connectivity index (χ1v) is 12.9. The van der Waals surface area contributed by atoms with Crippen LogP contribution in [0.1, 0.15) is 61.0 Å². The summed E-state index contributed by atoms with van der Waals surface area (Å²) >= 11 is 0. The summed E-state index contributed by atoms with van der Waals surface area (Å²) in [7, 11) is 3.48. The van der Waals surface area contributed by atoms with Crippen LogP contribution in [0.2, 0.25) is 0 Å². The summed E-state index contributed by atoms with van der Waals surface area (Å²) in [6, 6.07) is 0. The standard InChI is InChI=1S/C25H31N9O4/c1-31-13-18(10-27-31)9-26-23(36)22-20(12-28-32(22)2)30-21(35)8-24-4-16-3-17(5-24)7-25(6-16,15-24)33-14-19(11-29-33)34(37)38/h10-14,16-17H,3-9,15H2,1-2H3,(H,26,36)(H,30,35). The van der Waals surface area contributed by atoms with Crippen LogP contribution in [0.3, 0.4) is 0 Å². The quantitative estimate of drug-likeness (QED) is 0.341. The van der Waals surface area contributed by atoms with Gasteiger partial charge in [0, 0.05) is 38.8 Å². The van der Waals surface area contributed by atoms with Gasteiger partial charge in [-0.2, -0.15) is 15.3 Å². The number of carbonyl (C=O) groups is 2. The van der Waals surface area contributed by atoms with Crippen molar-refractivity contribution in [3.05, 3.63) is 52.4 Å². The molecule has 4 bridgehead atoms. The number of rotatable bonds is 8. The maximum atomic E-state index is 13.4. The van der Waals surface area contributed by atoms with Crippen molar-refractivity contribution in [1.29, 1.82) is 0 Å². The molecule has 13 heteroatoms. The normalized spacial score (nSPS) is 27.4. The molecule has 4 aliphatic carbocycles. The third-order valence-electron chi connectivity index (χ3n) is 8.59. The monoisotopic (exact) mass is 521 g/mol. The summed E-state index contributed by atoms with van der Waals surface area (Å²) in [5.41, 5.74) is 1.05. The van der Waals surface area contributed by atoms with E-state index in [1.807, 2.05) is 13.2 Å². The third-order valence-corrected chi connectivity index (χ3v) is 8.59. The van der Waals surface area contributed by atoms with Gasteiger partial charge >= 0.3 is 5.69 Å². The molecule has 3 heterocycles. The Balaban J connectivity index is 1.17. The minimum absolute atomic E-state index is 0.00144. The van der Waals surface area contributed by atoms with Gasteiger partial charge in [0.25, 0.3) is 5.91 Å². The number of nitrogens with zero attached hydrogens (tertiary/aromatic N) is 7. The van der Waals surface area contributed by atoms with Crippen LogP contribution in [0.25, 0.3) is 0 Å². The van der Waals surface area contributed by atoms with Crippen LogP contribution in [0.5, 0.6) is 0 Å². The summed E-state index contributed by atoms with van der Waals surface area (Å²) in [5.74, 6) is 0.458. The molecular weight excluding hydrogens is 490 g/mol. The number of amides is 2. The second-order valence-electron chi connectivity index (χ2n) is 11.5. The van der Waals surface area contributed by atoms with Crippen LogP contribution in [0, 0.1) is 27.4 Å². The molecule has 7 rings (SSSR count). The van der Waals surface area contributed by atoms with E-state index < -0.39 is 4.92 Å². The van der Waals surface area contributed by atoms with Crippen LogP contribution in [-0.2, 0) is 31.0 Å². The summed E-state index contributed by atoms with van der Waals surface area (Å²) in [6.07, 6.45) is 13.9. The maximum absolute atomic E-state index is 13.4. The SMILES string of the molecule is Cn1cc(CNC(=O)c2c(NC(=O)CC34CC5CC(C3)CC(n3cc([N+](=O)[O-])cn3)(C5)C4)cnn2C)cn1. The molecule has 4 saturated carbocycles. The van der Waals surface area contributed by atoms with E-state index in [1.165, 1.54) is 17.1 Å². The molecule has 0 aromatic carbocycles. The molecular formula is C25H31N9O4. The summed E-state index contributed by atoms with van der Waals surface area (Å²) < 4.78 is 4.93. The fourth-order valence-electron chi connectivity index (χ4n) is 7.71. The van der Waals surface area contributed by atoms with Crippen molar-refractivity contribution in [1.82, 2.24) is 34.7 Å². The largest absolute Gasteiger partial charge is 0.346 e. The van der Waals surface area contributed by atoms with Gasteiger partial charge in [0.15, 0.2) is 0 Å². The van der Waals surface area contributed by atoms with E-state index >= 15 is 0 Å². The maximum Gasteiger partial charge on any atom is 0.307 e. The Kier molecular flexibility index (Phi) is 5.61. The van der Waals surface area contributed by atoms with E-state index in [4.69, 9.17) is 0 Å². The van der Waals surface area contributed by atoms with Gasteiger partial charge in [-0.1, -0.05) is 0 Å². The van der Waals surface area contributed by atoms with E-state index in [9.17, 15) is 19.7 Å². The summed E-state index contributed by atoms with van der Waals surface area (Å²) in [6.45, 7) is 0.310. The first kappa shape index (κ1) is 24.3. The number of aryl methyl sites for hydroxylation is 2. The average molecular weight is 522 g/mol. The van der Waals surface area contributed by atoms with Crippen molar-refractivity contribution in [3.8, 4) is 0 Å². The Morgan fingerprint density at radius 1 is 1.08 bits per heavy atom. The van der Waals surface area contributed by atoms with Crippen LogP contribution in [0.4, 0.5) is 11.4 Å². The number of hydrogen-bond acceptors (Lipinski definition) is 7. The van der Waals surface area contributed by atoms with Gasteiger partial charge in [-0.05, 0) is 55.8 Å². The Morgan fingerprint density at radius 2 is 1.84 bits per heavy atom. The van der Waals surface area contributed by atoms with Gasteiger partial charge < -0.3 is 10.6 Å². The smallest absolute Gasteiger partial charge is 0.307 e. The number of anilines is 1. The molecule has 2 atom stereocenters. The number of aromatic nitrogens is 6. The first-order valence-electron chi connectivity index (χ1n) is 12.9. The molecule has 3 aromatic rings. The Bertz CT molecular complexity index is 1410. The molecule has 2 N–H and O–H groups in total. The fourth-order valence-corrected chi connectivity index (χ4v) is 7.71. The highest BCUT2D eigenvalue weighted by Crippen LogP contribution is 2.65. The van der Waals surface area contributed by atoms with Crippen molar-refractivity contribution in [2.24, 2.45) is 31.3 Å². The topological polar surface area (TPSA) is 155 Å². The zero-order valence-electron chi connectivity index (χ0n) is 21.5. The molecule has 0 aliphatic heterocycles. The minimum Gasteiger partial charge on any atom is -0.346 e. The zero-order valence-corrected chi connectivity index (χ0v) is 21.5. The second-order valence-corrected chi connectivity index (χ2v) is 11.5. The fraction of sp³-hybridized carbons (Fsp3) is 0.560. The number of nitro groups is 1. The zero-order chi connectivity index (χ0) is 26.7. The average Bonchev–Trinajstić information content (AvgIpc) is 3.57. The molecule has 0 radical (unpaired) electrons. The van der Waals surface area contributed by atoms with E-state index in [0.717, 1.165) is 44.1 Å². The lowest BCUT2D eigenvalue weighted by Crippen LogP contribution is -2.57. The molecule has 0 spiro atoms. The molecule has 2 amide bonds. The Morgan fingerprint density at radius 3 is 2.50 bits per heavy atom.